The summed E-state index contributed by atoms with van der Waals surface area (Å²) in [7, 11) is -3.49. The third-order valence-corrected chi connectivity index (χ3v) is 7.28. The lowest BCUT2D eigenvalue weighted by molar-refractivity contribution is -0.150. The second-order valence-electron chi connectivity index (χ2n) is 7.06. The molecule has 0 bridgehead atoms. The lowest BCUT2D eigenvalue weighted by Crippen LogP contribution is -2.71. The van der Waals surface area contributed by atoms with Crippen LogP contribution in [-0.4, -0.2) is 71.6 Å². The summed E-state index contributed by atoms with van der Waals surface area (Å²) in [5.41, 5.74) is 7.30. The van der Waals surface area contributed by atoms with Crippen LogP contribution >= 0.6 is 23.5 Å². The molecule has 0 saturated carbocycles. The Bertz CT molecular complexity index is 1060. The average molecular weight is 487 g/mol. The van der Waals surface area contributed by atoms with E-state index < -0.39 is 45.3 Å². The summed E-state index contributed by atoms with van der Waals surface area (Å²) in [6, 6.07) is 4.06. The van der Waals surface area contributed by atoms with Crippen LogP contribution in [0.4, 0.5) is 5.69 Å². The molecular formula is C18H22N4O6S3. The number of benzene rings is 1. The highest BCUT2D eigenvalue weighted by molar-refractivity contribution is 8.00. The lowest BCUT2D eigenvalue weighted by atomic mass is 10.0. The first-order valence-corrected chi connectivity index (χ1v) is 13.4. The molecule has 0 aromatic heterocycles. The first-order valence-electron chi connectivity index (χ1n) is 9.06. The third-order valence-electron chi connectivity index (χ3n) is 4.70. The van der Waals surface area contributed by atoms with Crippen molar-refractivity contribution in [3.63, 3.8) is 0 Å². The van der Waals surface area contributed by atoms with Gasteiger partial charge < -0.3 is 16.2 Å². The van der Waals surface area contributed by atoms with Crippen molar-refractivity contribution in [3.8, 4) is 0 Å². The highest BCUT2D eigenvalue weighted by Gasteiger charge is 2.54. The number of nitrogens with two attached hydrogens (primary N) is 1. The number of thioether (sulfide) groups is 2. The van der Waals surface area contributed by atoms with Gasteiger partial charge in [0.2, 0.25) is 15.9 Å². The van der Waals surface area contributed by atoms with E-state index in [1.807, 2.05) is 6.26 Å². The van der Waals surface area contributed by atoms with Crippen LogP contribution in [0.3, 0.4) is 0 Å². The number of amides is 2. The van der Waals surface area contributed by atoms with Gasteiger partial charge in [-0.15, -0.1) is 11.8 Å². The van der Waals surface area contributed by atoms with Crippen LogP contribution in [0.25, 0.3) is 0 Å². The van der Waals surface area contributed by atoms with Crippen LogP contribution < -0.4 is 15.8 Å². The van der Waals surface area contributed by atoms with E-state index in [1.54, 1.807) is 12.1 Å². The number of hydrogen-bond donors (Lipinski definition) is 4. The smallest absolute Gasteiger partial charge is 0.352 e. The van der Waals surface area contributed by atoms with E-state index in [-0.39, 0.29) is 11.4 Å². The van der Waals surface area contributed by atoms with Gasteiger partial charge in [-0.2, -0.15) is 11.8 Å². The number of carbonyl (C=O) groups excluding carboxylic acids is 2. The van der Waals surface area contributed by atoms with Crippen molar-refractivity contribution in [1.29, 1.82) is 0 Å². The predicted octanol–water partition coefficient (Wildman–Crippen LogP) is 0.160. The van der Waals surface area contributed by atoms with Crippen molar-refractivity contribution in [2.24, 2.45) is 5.73 Å². The molecule has 2 heterocycles. The zero-order chi connectivity index (χ0) is 22.9. The van der Waals surface area contributed by atoms with Crippen molar-refractivity contribution >= 4 is 57.0 Å². The molecular weight excluding hydrogens is 464 g/mol. The number of sulfonamides is 1. The number of nitrogens with one attached hydrogen (secondary N) is 2. The molecule has 1 aromatic carbocycles. The van der Waals surface area contributed by atoms with Gasteiger partial charge in [0.15, 0.2) is 0 Å². The summed E-state index contributed by atoms with van der Waals surface area (Å²) < 4.78 is 25.1. The number of fused-ring (bicyclic) bond motifs is 1. The molecule has 10 nitrogen and oxygen atoms in total. The number of anilines is 1. The molecule has 1 aromatic rings. The zero-order valence-electron chi connectivity index (χ0n) is 16.7. The monoisotopic (exact) mass is 486 g/mol. The maximum atomic E-state index is 12.7. The van der Waals surface area contributed by atoms with Crippen LogP contribution in [0.1, 0.15) is 11.6 Å². The van der Waals surface area contributed by atoms with Crippen molar-refractivity contribution in [2.45, 2.75) is 17.5 Å². The number of carboxylic acid groups (broad SMARTS) is 1. The first kappa shape index (κ1) is 23.4. The second-order valence-corrected chi connectivity index (χ2v) is 10.8. The summed E-state index contributed by atoms with van der Waals surface area (Å²) >= 11 is 2.86. The molecule has 3 atom stereocenters. The molecule has 2 aliphatic heterocycles. The molecule has 2 aliphatic rings. The number of nitrogens with zero attached hydrogens (tertiary/aromatic N) is 1. The van der Waals surface area contributed by atoms with E-state index in [4.69, 9.17) is 5.73 Å². The molecule has 31 heavy (non-hydrogen) atoms. The molecule has 168 valence electrons. The maximum Gasteiger partial charge on any atom is 0.352 e. The Balaban J connectivity index is 1.72. The van der Waals surface area contributed by atoms with Crippen molar-refractivity contribution in [2.75, 3.05) is 28.7 Å². The first-order chi connectivity index (χ1) is 14.5. The van der Waals surface area contributed by atoms with Gasteiger partial charge in [-0.05, 0) is 29.5 Å². The highest BCUT2D eigenvalue weighted by atomic mass is 32.2. The SMILES string of the molecule is CSCC1=C(C(=O)O)N2C(=O)C(NC(=O)C(N)c3cccc(NS(C)(=O)=O)c3)[C@H]2SC1. The van der Waals surface area contributed by atoms with Crippen LogP contribution in [0.5, 0.6) is 0 Å². The van der Waals surface area contributed by atoms with E-state index in [1.165, 1.54) is 40.6 Å². The molecule has 2 unspecified atom stereocenters. The number of β-lactam (4-membered cyclic amide) rings is 1. The number of rotatable bonds is 8. The maximum absolute atomic E-state index is 12.7. The molecule has 3 rings (SSSR count). The molecule has 5 N–H and O–H groups in total. The number of hydrogen-bond acceptors (Lipinski definition) is 8. The fraction of sp³-hybridized carbons (Fsp3) is 0.389. The summed E-state index contributed by atoms with van der Waals surface area (Å²) in [5.74, 6) is -1.33. The van der Waals surface area contributed by atoms with Gasteiger partial charge in [-0.1, -0.05) is 12.1 Å². The molecule has 13 heteroatoms. The van der Waals surface area contributed by atoms with Gasteiger partial charge in [0.1, 0.15) is 23.2 Å². The Morgan fingerprint density at radius 2 is 2.13 bits per heavy atom. The van der Waals surface area contributed by atoms with E-state index in [2.05, 4.69) is 10.0 Å². The molecule has 0 spiro atoms. The predicted molar refractivity (Wildman–Crippen MR) is 120 cm³/mol. The third kappa shape index (κ3) is 5.00. The molecule has 2 amide bonds. The zero-order valence-corrected chi connectivity index (χ0v) is 19.1. The Labute approximate surface area is 188 Å². The van der Waals surface area contributed by atoms with Gasteiger partial charge in [0.05, 0.1) is 6.26 Å². The van der Waals surface area contributed by atoms with Gasteiger partial charge in [0.25, 0.3) is 5.91 Å². The topological polar surface area (TPSA) is 159 Å². The van der Waals surface area contributed by atoms with E-state index in [0.29, 0.717) is 22.6 Å². The molecule has 0 radical (unpaired) electrons. The number of carboxylic acids is 1. The van der Waals surface area contributed by atoms with Crippen molar-refractivity contribution in [3.05, 3.63) is 41.1 Å². The largest absolute Gasteiger partial charge is 0.477 e. The summed E-state index contributed by atoms with van der Waals surface area (Å²) in [6.45, 7) is 0. The lowest BCUT2D eigenvalue weighted by Gasteiger charge is -2.49. The van der Waals surface area contributed by atoms with Crippen molar-refractivity contribution < 1.29 is 27.9 Å². The summed E-state index contributed by atoms with van der Waals surface area (Å²) in [4.78, 5) is 38.2. The fourth-order valence-corrected chi connectivity index (χ4v) is 5.99. The summed E-state index contributed by atoms with van der Waals surface area (Å²) in [5, 5.41) is 11.6. The van der Waals surface area contributed by atoms with Crippen LogP contribution in [-0.2, 0) is 24.4 Å². The van der Waals surface area contributed by atoms with Crippen LogP contribution in [0.2, 0.25) is 0 Å². The normalized spacial score (nSPS) is 21.8. The van der Waals surface area contributed by atoms with Crippen LogP contribution in [0, 0.1) is 0 Å². The van der Waals surface area contributed by atoms with E-state index in [0.717, 1.165) is 6.26 Å². The Kier molecular flexibility index (Phi) is 6.88. The molecule has 1 saturated heterocycles. The molecule has 1 fully saturated rings. The summed E-state index contributed by atoms with van der Waals surface area (Å²) in [6.07, 6.45) is 2.86. The second kappa shape index (κ2) is 9.10. The van der Waals surface area contributed by atoms with Gasteiger partial charge >= 0.3 is 5.97 Å². The standard InChI is InChI=1S/C18H22N4O6S3/c1-29-7-10-8-30-17-13(16(24)22(17)14(10)18(25)26)20-15(23)12(19)9-4-3-5-11(6-9)21-31(2,27)28/h3-6,12-13,17,21H,7-8,19H2,1-2H3,(H,20,23)(H,25,26)/t12?,13?,17-/m1/s1. The minimum absolute atomic E-state index is 0.0163. The van der Waals surface area contributed by atoms with E-state index in [9.17, 15) is 27.9 Å². The van der Waals surface area contributed by atoms with Gasteiger partial charge in [0, 0.05) is 17.2 Å². The quantitative estimate of drug-likeness (QED) is 0.375. The number of carbonyl (C=O) groups is 3. The minimum Gasteiger partial charge on any atom is -0.477 e. The highest BCUT2D eigenvalue weighted by Crippen LogP contribution is 2.41. The fourth-order valence-electron chi connectivity index (χ4n) is 3.37. The number of aliphatic carboxylic acids is 1. The van der Waals surface area contributed by atoms with E-state index >= 15 is 0 Å². The average Bonchev–Trinajstić information content (AvgIpc) is 2.69. The minimum atomic E-state index is -3.49. The van der Waals surface area contributed by atoms with Gasteiger partial charge in [-0.25, -0.2) is 13.2 Å². The molecule has 0 aliphatic carbocycles. The van der Waals surface area contributed by atoms with Gasteiger partial charge in [-0.3, -0.25) is 19.2 Å². The van der Waals surface area contributed by atoms with Crippen LogP contribution in [0.15, 0.2) is 35.5 Å². The van der Waals surface area contributed by atoms with Crippen molar-refractivity contribution in [1.82, 2.24) is 10.2 Å². The Morgan fingerprint density at radius 3 is 2.74 bits per heavy atom. The Morgan fingerprint density at radius 1 is 1.42 bits per heavy atom. The Hall–Kier alpha value is -2.22.